The van der Waals surface area contributed by atoms with E-state index in [0.717, 1.165) is 0 Å². The van der Waals surface area contributed by atoms with Gasteiger partial charge in [0.15, 0.2) is 5.69 Å². The monoisotopic (exact) mass is 276 g/mol. The number of aryl methyl sites for hydroxylation is 1. The van der Waals surface area contributed by atoms with Crippen molar-refractivity contribution >= 4 is 11.8 Å². The molecule has 0 aliphatic carbocycles. The number of nitriles is 1. The molecule has 20 heavy (non-hydrogen) atoms. The zero-order chi connectivity index (χ0) is 14.5. The van der Waals surface area contributed by atoms with Gasteiger partial charge in [-0.15, -0.1) is 0 Å². The van der Waals surface area contributed by atoms with Gasteiger partial charge in [-0.3, -0.25) is 9.59 Å². The lowest BCUT2D eigenvalue weighted by molar-refractivity contribution is -0.131. The van der Waals surface area contributed by atoms with Gasteiger partial charge < -0.3 is 14.7 Å². The van der Waals surface area contributed by atoms with Crippen LogP contribution < -0.4 is 5.32 Å². The van der Waals surface area contributed by atoms with Crippen LogP contribution in [-0.4, -0.2) is 41.0 Å². The smallest absolute Gasteiger partial charge is 0.273 e. The lowest BCUT2D eigenvalue weighted by atomic mass is 10.0. The molecule has 2 rings (SSSR count). The molecular weight excluding hydrogens is 260 g/mol. The average molecular weight is 276 g/mol. The van der Waals surface area contributed by atoms with Gasteiger partial charge in [-0.2, -0.15) is 5.26 Å². The summed E-state index contributed by atoms with van der Waals surface area (Å²) >= 11 is 0. The third kappa shape index (κ3) is 3.35. The fourth-order valence-electron chi connectivity index (χ4n) is 2.19. The van der Waals surface area contributed by atoms with Crippen LogP contribution in [0.5, 0.6) is 0 Å². The molecule has 0 bridgehead atoms. The van der Waals surface area contributed by atoms with Gasteiger partial charge in [0.05, 0.1) is 6.07 Å². The number of hydrogen-bond donors (Lipinski definition) is 1. The Hall–Kier alpha value is -2.36. The second kappa shape index (κ2) is 6.19. The van der Waals surface area contributed by atoms with Crippen LogP contribution in [0.1, 0.15) is 35.5 Å². The van der Waals surface area contributed by atoms with Gasteiger partial charge in [-0.1, -0.05) is 5.16 Å². The van der Waals surface area contributed by atoms with E-state index in [9.17, 15) is 9.59 Å². The van der Waals surface area contributed by atoms with Crippen molar-refractivity contribution in [3.8, 4) is 6.07 Å². The minimum absolute atomic E-state index is 0.0191. The molecule has 1 aromatic rings. The Morgan fingerprint density at radius 1 is 1.55 bits per heavy atom. The molecule has 0 atom stereocenters. The molecule has 2 heterocycles. The van der Waals surface area contributed by atoms with E-state index in [1.54, 1.807) is 17.9 Å². The maximum atomic E-state index is 11.9. The second-order valence-corrected chi connectivity index (χ2v) is 4.79. The molecule has 0 aromatic carbocycles. The Morgan fingerprint density at radius 3 is 2.80 bits per heavy atom. The minimum atomic E-state index is -0.261. The van der Waals surface area contributed by atoms with Crippen LogP contribution in [0.3, 0.4) is 0 Å². The molecule has 1 aliphatic heterocycles. The lowest BCUT2D eigenvalue weighted by Gasteiger charge is -2.31. The van der Waals surface area contributed by atoms with Crippen LogP contribution >= 0.6 is 0 Å². The highest BCUT2D eigenvalue weighted by Gasteiger charge is 2.24. The Balaban J connectivity index is 1.81. The van der Waals surface area contributed by atoms with Crippen molar-refractivity contribution < 1.29 is 14.1 Å². The highest BCUT2D eigenvalue weighted by molar-refractivity contribution is 5.92. The molecule has 106 valence electrons. The molecular formula is C13H16N4O3. The van der Waals surface area contributed by atoms with Crippen molar-refractivity contribution in [2.75, 3.05) is 13.1 Å². The molecule has 0 saturated carbocycles. The van der Waals surface area contributed by atoms with E-state index in [0.29, 0.717) is 31.7 Å². The molecule has 1 N–H and O–H groups in total. The summed E-state index contributed by atoms with van der Waals surface area (Å²) in [6, 6.07) is 3.46. The summed E-state index contributed by atoms with van der Waals surface area (Å²) in [6.45, 7) is 2.84. The fraction of sp³-hybridized carbons (Fsp3) is 0.538. The highest BCUT2D eigenvalue weighted by atomic mass is 16.5. The minimum Gasteiger partial charge on any atom is -0.361 e. The Kier molecular flexibility index (Phi) is 4.35. The van der Waals surface area contributed by atoms with E-state index in [2.05, 4.69) is 10.5 Å². The third-order valence-corrected chi connectivity index (χ3v) is 3.27. The summed E-state index contributed by atoms with van der Waals surface area (Å²) in [4.78, 5) is 25.1. The first-order valence-electron chi connectivity index (χ1n) is 6.49. The number of carbonyl (C=O) groups is 2. The SMILES string of the molecule is Cc1cc(C(=O)NC2CCN(C(=O)CC#N)CC2)no1. The number of nitrogens with one attached hydrogen (secondary N) is 1. The summed E-state index contributed by atoms with van der Waals surface area (Å²) < 4.78 is 4.86. The van der Waals surface area contributed by atoms with Gasteiger partial charge in [0, 0.05) is 25.2 Å². The highest BCUT2D eigenvalue weighted by Crippen LogP contribution is 2.12. The van der Waals surface area contributed by atoms with Crippen LogP contribution in [0, 0.1) is 18.3 Å². The second-order valence-electron chi connectivity index (χ2n) is 4.79. The van der Waals surface area contributed by atoms with Crippen molar-refractivity contribution in [1.29, 1.82) is 5.26 Å². The number of amides is 2. The molecule has 7 heteroatoms. The van der Waals surface area contributed by atoms with Gasteiger partial charge in [-0.25, -0.2) is 0 Å². The number of aromatic nitrogens is 1. The summed E-state index contributed by atoms with van der Waals surface area (Å²) in [5.74, 6) is 0.181. The predicted octanol–water partition coefficient (Wildman–Crippen LogP) is 0.617. The summed E-state index contributed by atoms with van der Waals surface area (Å²) in [5.41, 5.74) is 0.269. The maximum Gasteiger partial charge on any atom is 0.273 e. The van der Waals surface area contributed by atoms with Crippen LogP contribution in [0.25, 0.3) is 0 Å². The molecule has 0 radical (unpaired) electrons. The first kappa shape index (κ1) is 14.1. The van der Waals surface area contributed by atoms with Crippen molar-refractivity contribution in [1.82, 2.24) is 15.4 Å². The Bertz CT molecular complexity index is 538. The molecule has 0 spiro atoms. The Morgan fingerprint density at radius 2 is 2.25 bits per heavy atom. The topological polar surface area (TPSA) is 99.2 Å². The third-order valence-electron chi connectivity index (χ3n) is 3.27. The molecule has 0 unspecified atom stereocenters. The molecule has 2 amide bonds. The molecule has 1 aliphatic rings. The van der Waals surface area contributed by atoms with Crippen LogP contribution in [0.2, 0.25) is 0 Å². The number of carbonyl (C=O) groups excluding carboxylic acids is 2. The molecule has 1 fully saturated rings. The van der Waals surface area contributed by atoms with Crippen molar-refractivity contribution in [2.24, 2.45) is 0 Å². The quantitative estimate of drug-likeness (QED) is 0.872. The first-order valence-corrected chi connectivity index (χ1v) is 6.49. The normalized spacial score (nSPS) is 15.7. The number of hydrogen-bond acceptors (Lipinski definition) is 5. The zero-order valence-corrected chi connectivity index (χ0v) is 11.3. The fourth-order valence-corrected chi connectivity index (χ4v) is 2.19. The number of rotatable bonds is 3. The van der Waals surface area contributed by atoms with E-state index >= 15 is 0 Å². The van der Waals surface area contributed by atoms with Gasteiger partial charge in [0.1, 0.15) is 12.2 Å². The largest absolute Gasteiger partial charge is 0.361 e. The van der Waals surface area contributed by atoms with E-state index in [1.807, 2.05) is 6.07 Å². The van der Waals surface area contributed by atoms with Crippen LogP contribution in [-0.2, 0) is 4.79 Å². The van der Waals surface area contributed by atoms with Gasteiger partial charge in [0.25, 0.3) is 5.91 Å². The summed E-state index contributed by atoms with van der Waals surface area (Å²) in [6.07, 6.45) is 1.27. The number of likely N-dealkylation sites (tertiary alicyclic amines) is 1. The predicted molar refractivity (Wildman–Crippen MR) is 68.5 cm³/mol. The van der Waals surface area contributed by atoms with Crippen molar-refractivity contribution in [3.05, 3.63) is 17.5 Å². The van der Waals surface area contributed by atoms with E-state index in [4.69, 9.17) is 9.78 Å². The van der Waals surface area contributed by atoms with E-state index in [1.165, 1.54) is 0 Å². The lowest BCUT2D eigenvalue weighted by Crippen LogP contribution is -2.46. The zero-order valence-electron chi connectivity index (χ0n) is 11.3. The Labute approximate surface area is 116 Å². The van der Waals surface area contributed by atoms with Crippen molar-refractivity contribution in [3.63, 3.8) is 0 Å². The van der Waals surface area contributed by atoms with Gasteiger partial charge >= 0.3 is 0 Å². The molecule has 1 saturated heterocycles. The summed E-state index contributed by atoms with van der Waals surface area (Å²) in [7, 11) is 0. The molecule has 7 nitrogen and oxygen atoms in total. The maximum absolute atomic E-state index is 11.9. The standard InChI is InChI=1S/C13H16N4O3/c1-9-8-11(16-20-9)13(19)15-10-3-6-17(7-4-10)12(18)2-5-14/h8,10H,2-4,6-7H2,1H3,(H,15,19). The summed E-state index contributed by atoms with van der Waals surface area (Å²) in [5, 5.41) is 15.0. The van der Waals surface area contributed by atoms with Gasteiger partial charge in [0.2, 0.25) is 5.91 Å². The van der Waals surface area contributed by atoms with E-state index < -0.39 is 0 Å². The average Bonchev–Trinajstić information content (AvgIpc) is 2.86. The van der Waals surface area contributed by atoms with Gasteiger partial charge in [-0.05, 0) is 19.8 Å². The number of piperidine rings is 1. The van der Waals surface area contributed by atoms with Crippen LogP contribution in [0.15, 0.2) is 10.6 Å². The molecule has 1 aromatic heterocycles. The van der Waals surface area contributed by atoms with Crippen molar-refractivity contribution in [2.45, 2.75) is 32.2 Å². The first-order chi connectivity index (χ1) is 9.60. The number of nitrogens with zero attached hydrogens (tertiary/aromatic N) is 3. The van der Waals surface area contributed by atoms with E-state index in [-0.39, 0.29) is 30.0 Å². The van der Waals surface area contributed by atoms with Crippen LogP contribution in [0.4, 0.5) is 0 Å².